The zero-order chi connectivity index (χ0) is 24.6. The fraction of sp³-hybridized carbons (Fsp3) is 0.310. The molecular formula is C29H26Cl2N2O2. The van der Waals surface area contributed by atoms with E-state index in [2.05, 4.69) is 29.6 Å². The summed E-state index contributed by atoms with van der Waals surface area (Å²) in [6.45, 7) is 0.618. The molecule has 5 rings (SSSR count). The van der Waals surface area contributed by atoms with Crippen LogP contribution in [0.15, 0.2) is 66.7 Å². The number of halogens is 2. The van der Waals surface area contributed by atoms with Crippen LogP contribution in [0.1, 0.15) is 46.9 Å². The van der Waals surface area contributed by atoms with Gasteiger partial charge in [0.05, 0.1) is 24.2 Å². The highest BCUT2D eigenvalue weighted by Crippen LogP contribution is 2.58. The highest BCUT2D eigenvalue weighted by molar-refractivity contribution is 6.31. The summed E-state index contributed by atoms with van der Waals surface area (Å²) < 4.78 is 5.37. The molecule has 1 N–H and O–H groups in total. The highest BCUT2D eigenvalue weighted by Gasteiger charge is 2.57. The third-order valence-electron chi connectivity index (χ3n) is 7.88. The Morgan fingerprint density at radius 1 is 1.09 bits per heavy atom. The summed E-state index contributed by atoms with van der Waals surface area (Å²) in [5, 5.41) is 13.7. The number of hydrogen-bond donors (Lipinski definition) is 1. The van der Waals surface area contributed by atoms with Crippen LogP contribution in [-0.2, 0) is 11.2 Å². The first-order chi connectivity index (χ1) is 16.9. The van der Waals surface area contributed by atoms with Crippen LogP contribution in [0.4, 0.5) is 0 Å². The molecule has 1 aliphatic carbocycles. The van der Waals surface area contributed by atoms with Gasteiger partial charge in [0, 0.05) is 16.6 Å². The molecule has 35 heavy (non-hydrogen) atoms. The number of amides is 1. The third kappa shape index (κ3) is 4.29. The smallest absolute Gasteiger partial charge is 0.226 e. The molecule has 1 amide bonds. The largest absolute Gasteiger partial charge is 0.497 e. The van der Waals surface area contributed by atoms with Gasteiger partial charge < -0.3 is 10.1 Å². The van der Waals surface area contributed by atoms with Crippen molar-refractivity contribution in [2.45, 2.75) is 31.1 Å². The number of nitrogens with one attached hydrogen (secondary N) is 1. The predicted octanol–water partition coefficient (Wildman–Crippen LogP) is 6.51. The Labute approximate surface area is 215 Å². The van der Waals surface area contributed by atoms with E-state index in [0.29, 0.717) is 28.6 Å². The molecule has 6 heteroatoms. The lowest BCUT2D eigenvalue weighted by Gasteiger charge is -2.47. The van der Waals surface area contributed by atoms with Crippen LogP contribution in [0.5, 0.6) is 5.75 Å². The zero-order valence-electron chi connectivity index (χ0n) is 19.4. The van der Waals surface area contributed by atoms with Gasteiger partial charge in [-0.15, -0.1) is 0 Å². The van der Waals surface area contributed by atoms with E-state index < -0.39 is 5.41 Å². The van der Waals surface area contributed by atoms with Crippen molar-refractivity contribution in [1.82, 2.24) is 5.32 Å². The van der Waals surface area contributed by atoms with Crippen molar-refractivity contribution in [3.8, 4) is 11.8 Å². The van der Waals surface area contributed by atoms with Crippen molar-refractivity contribution < 1.29 is 9.53 Å². The van der Waals surface area contributed by atoms with Crippen LogP contribution in [0.25, 0.3) is 0 Å². The van der Waals surface area contributed by atoms with Gasteiger partial charge in [-0.3, -0.25) is 4.79 Å². The van der Waals surface area contributed by atoms with Gasteiger partial charge in [-0.25, -0.2) is 0 Å². The molecule has 2 fully saturated rings. The minimum Gasteiger partial charge on any atom is -0.497 e. The summed E-state index contributed by atoms with van der Waals surface area (Å²) in [6.07, 6.45) is 2.24. The minimum atomic E-state index is -0.520. The van der Waals surface area contributed by atoms with E-state index in [1.165, 1.54) is 0 Å². The third-order valence-corrected chi connectivity index (χ3v) is 8.46. The van der Waals surface area contributed by atoms with Crippen LogP contribution in [0.3, 0.4) is 0 Å². The molecule has 0 aromatic heterocycles. The second-order valence-electron chi connectivity index (χ2n) is 9.57. The number of methoxy groups -OCH3 is 1. The number of ether oxygens (including phenoxy) is 1. The number of rotatable bonds is 5. The molecule has 1 aliphatic heterocycles. The molecular weight excluding hydrogens is 479 g/mol. The SMILES string of the molecule is COc1ccc([C@@H]2CC[C@@]3(Cc4ccc(C#N)cc4)C(=O)NC[C@H]3[C@H]2c2ccc(Cl)cc2)c(Cl)c1. The Hall–Kier alpha value is -3.00. The first kappa shape index (κ1) is 23.7. The van der Waals surface area contributed by atoms with Gasteiger partial charge in [-0.05, 0) is 90.1 Å². The van der Waals surface area contributed by atoms with Crippen LogP contribution in [-0.4, -0.2) is 19.6 Å². The van der Waals surface area contributed by atoms with Crippen molar-refractivity contribution in [2.24, 2.45) is 11.3 Å². The van der Waals surface area contributed by atoms with E-state index in [4.69, 9.17) is 27.9 Å². The van der Waals surface area contributed by atoms with Crippen LogP contribution >= 0.6 is 23.2 Å². The van der Waals surface area contributed by atoms with Crippen LogP contribution in [0.2, 0.25) is 10.0 Å². The topological polar surface area (TPSA) is 62.1 Å². The van der Waals surface area contributed by atoms with Crippen molar-refractivity contribution in [3.05, 3.63) is 99.0 Å². The number of carbonyl (C=O) groups excluding carboxylic acids is 1. The van der Waals surface area contributed by atoms with Crippen molar-refractivity contribution in [2.75, 3.05) is 13.7 Å². The molecule has 2 aliphatic rings. The first-order valence-electron chi connectivity index (χ1n) is 11.8. The van der Waals surface area contributed by atoms with Crippen molar-refractivity contribution >= 4 is 29.1 Å². The number of fused-ring (bicyclic) bond motifs is 1. The number of benzene rings is 3. The first-order valence-corrected chi connectivity index (χ1v) is 12.6. The van der Waals surface area contributed by atoms with E-state index >= 15 is 0 Å². The maximum Gasteiger partial charge on any atom is 0.226 e. The molecule has 0 spiro atoms. The van der Waals surface area contributed by atoms with E-state index in [9.17, 15) is 10.1 Å². The number of nitrogens with zero attached hydrogens (tertiary/aromatic N) is 1. The molecule has 1 saturated heterocycles. The Morgan fingerprint density at radius 3 is 2.49 bits per heavy atom. The average Bonchev–Trinajstić information content (AvgIpc) is 3.20. The predicted molar refractivity (Wildman–Crippen MR) is 138 cm³/mol. The molecule has 4 atom stereocenters. The average molecular weight is 505 g/mol. The van der Waals surface area contributed by atoms with Crippen LogP contribution < -0.4 is 10.1 Å². The summed E-state index contributed by atoms with van der Waals surface area (Å²) in [6, 6.07) is 23.7. The van der Waals surface area contributed by atoms with Crippen molar-refractivity contribution in [3.63, 3.8) is 0 Å². The second-order valence-corrected chi connectivity index (χ2v) is 10.4. The van der Waals surface area contributed by atoms with E-state index in [1.807, 2.05) is 48.5 Å². The molecule has 0 bridgehead atoms. The summed E-state index contributed by atoms with van der Waals surface area (Å²) in [5.41, 5.74) is 3.42. The Morgan fingerprint density at radius 2 is 1.83 bits per heavy atom. The fourth-order valence-electron chi connectivity index (χ4n) is 6.18. The molecule has 1 heterocycles. The summed E-state index contributed by atoms with van der Waals surface area (Å²) >= 11 is 13.0. The fourth-order valence-corrected chi connectivity index (χ4v) is 6.62. The molecule has 1 saturated carbocycles. The summed E-state index contributed by atoms with van der Waals surface area (Å²) in [5.74, 6) is 1.17. The lowest BCUT2D eigenvalue weighted by Crippen LogP contribution is -2.44. The maximum atomic E-state index is 13.5. The van der Waals surface area contributed by atoms with Gasteiger partial charge in [0.25, 0.3) is 0 Å². The minimum absolute atomic E-state index is 0.0868. The number of carbonyl (C=O) groups is 1. The molecule has 0 unspecified atom stereocenters. The highest BCUT2D eigenvalue weighted by atomic mass is 35.5. The molecule has 178 valence electrons. The Balaban J connectivity index is 1.58. The van der Waals surface area contributed by atoms with Gasteiger partial charge in [0.2, 0.25) is 5.91 Å². The lowest BCUT2D eigenvalue weighted by molar-refractivity contribution is -0.131. The second kappa shape index (κ2) is 9.57. The van der Waals surface area contributed by atoms with Crippen LogP contribution in [0, 0.1) is 22.7 Å². The lowest BCUT2D eigenvalue weighted by atomic mass is 9.55. The number of nitriles is 1. The Bertz CT molecular complexity index is 1280. The molecule has 0 radical (unpaired) electrons. The zero-order valence-corrected chi connectivity index (χ0v) is 20.9. The normalized spacial score (nSPS) is 25.4. The van der Waals surface area contributed by atoms with Gasteiger partial charge in [-0.1, -0.05) is 53.5 Å². The number of hydrogen-bond acceptors (Lipinski definition) is 3. The van der Waals surface area contributed by atoms with Crippen molar-refractivity contribution in [1.29, 1.82) is 5.26 Å². The van der Waals surface area contributed by atoms with Gasteiger partial charge in [0.15, 0.2) is 0 Å². The monoisotopic (exact) mass is 504 g/mol. The van der Waals surface area contributed by atoms with Gasteiger partial charge in [-0.2, -0.15) is 5.26 Å². The Kier molecular flexibility index (Phi) is 6.49. The van der Waals surface area contributed by atoms with E-state index in [-0.39, 0.29) is 23.7 Å². The van der Waals surface area contributed by atoms with E-state index in [1.54, 1.807) is 7.11 Å². The molecule has 3 aromatic rings. The summed E-state index contributed by atoms with van der Waals surface area (Å²) in [4.78, 5) is 13.5. The van der Waals surface area contributed by atoms with Gasteiger partial charge in [0.1, 0.15) is 5.75 Å². The van der Waals surface area contributed by atoms with Gasteiger partial charge >= 0.3 is 0 Å². The standard InChI is InChI=1S/C29H26Cl2N2O2/c1-35-22-10-11-23(26(31)14-22)24-12-13-29(15-18-2-4-19(16-32)5-3-18)25(17-33-28(29)34)27(24)20-6-8-21(30)9-7-20/h2-11,14,24-25,27H,12-13,15,17H2,1H3,(H,33,34)/t24-,25-,27-,29-/m0/s1. The quantitative estimate of drug-likeness (QED) is 0.430. The molecule has 3 aromatic carbocycles. The summed E-state index contributed by atoms with van der Waals surface area (Å²) in [7, 11) is 1.63. The van der Waals surface area contributed by atoms with E-state index in [0.717, 1.165) is 35.3 Å². The molecule has 4 nitrogen and oxygen atoms in total. The maximum absolute atomic E-state index is 13.5.